The molecule has 0 unspecified atom stereocenters. The molecule has 2 nitrogen and oxygen atoms in total. The van der Waals surface area contributed by atoms with E-state index in [0.717, 1.165) is 0 Å². The molecule has 0 aliphatic heterocycles. The maximum atomic E-state index is 13.4. The van der Waals surface area contributed by atoms with Gasteiger partial charge in [-0.2, -0.15) is 0 Å². The summed E-state index contributed by atoms with van der Waals surface area (Å²) in [6.07, 6.45) is 1.33. The normalized spacial score (nSPS) is 11.1. The lowest BCUT2D eigenvalue weighted by Gasteiger charge is -2.00. The van der Waals surface area contributed by atoms with Crippen LogP contribution in [0.2, 0.25) is 10.0 Å². The van der Waals surface area contributed by atoms with E-state index >= 15 is 0 Å². The van der Waals surface area contributed by atoms with Gasteiger partial charge in [0.25, 0.3) is 0 Å². The van der Waals surface area contributed by atoms with Crippen molar-refractivity contribution in [1.82, 2.24) is 0 Å². The second kappa shape index (κ2) is 5.38. The third-order valence-corrected chi connectivity index (χ3v) is 2.71. The molecule has 92 valence electrons. The molecule has 2 rings (SSSR count). The zero-order valence-electron chi connectivity index (χ0n) is 9.07. The highest BCUT2D eigenvalue weighted by Crippen LogP contribution is 2.24. The van der Waals surface area contributed by atoms with Gasteiger partial charge in [-0.05, 0) is 36.4 Å². The van der Waals surface area contributed by atoms with E-state index in [9.17, 15) is 9.50 Å². The van der Waals surface area contributed by atoms with Crippen LogP contribution in [0, 0.1) is 5.82 Å². The number of nitrogens with zero attached hydrogens (tertiary/aromatic N) is 1. The van der Waals surface area contributed by atoms with Crippen LogP contribution in [0.4, 0.5) is 10.1 Å². The Balaban J connectivity index is 2.35. The van der Waals surface area contributed by atoms with Gasteiger partial charge in [-0.1, -0.05) is 23.2 Å². The average molecular weight is 284 g/mol. The third-order valence-electron chi connectivity index (χ3n) is 2.24. The Morgan fingerprint density at radius 1 is 1.06 bits per heavy atom. The van der Waals surface area contributed by atoms with Gasteiger partial charge in [0.15, 0.2) is 0 Å². The topological polar surface area (TPSA) is 32.6 Å². The first-order valence-corrected chi connectivity index (χ1v) is 5.79. The number of aromatic hydroxyl groups is 1. The average Bonchev–Trinajstić information content (AvgIpc) is 2.34. The molecule has 0 aromatic heterocycles. The van der Waals surface area contributed by atoms with Gasteiger partial charge >= 0.3 is 0 Å². The monoisotopic (exact) mass is 283 g/mol. The van der Waals surface area contributed by atoms with Gasteiger partial charge in [-0.15, -0.1) is 0 Å². The van der Waals surface area contributed by atoms with Crippen molar-refractivity contribution in [2.24, 2.45) is 4.99 Å². The van der Waals surface area contributed by atoms with E-state index in [4.69, 9.17) is 23.2 Å². The predicted molar refractivity (Wildman–Crippen MR) is 71.8 cm³/mol. The van der Waals surface area contributed by atoms with Crippen molar-refractivity contribution in [3.8, 4) is 5.75 Å². The second-order valence-electron chi connectivity index (χ2n) is 3.56. The second-order valence-corrected chi connectivity index (χ2v) is 4.43. The Kier molecular flexibility index (Phi) is 3.84. The molecule has 0 saturated heterocycles. The highest BCUT2D eigenvalue weighted by atomic mass is 35.5. The van der Waals surface area contributed by atoms with Crippen LogP contribution < -0.4 is 0 Å². The van der Waals surface area contributed by atoms with Gasteiger partial charge in [0.05, 0.1) is 0 Å². The molecule has 18 heavy (non-hydrogen) atoms. The number of benzene rings is 2. The molecule has 2 aromatic carbocycles. The van der Waals surface area contributed by atoms with E-state index in [1.54, 1.807) is 6.07 Å². The molecule has 0 aliphatic carbocycles. The fourth-order valence-corrected chi connectivity index (χ4v) is 1.70. The van der Waals surface area contributed by atoms with Gasteiger partial charge in [0.2, 0.25) is 0 Å². The summed E-state index contributed by atoms with van der Waals surface area (Å²) in [5.41, 5.74) is 0.503. The molecule has 0 aliphatic rings. The van der Waals surface area contributed by atoms with Crippen LogP contribution in [-0.2, 0) is 0 Å². The SMILES string of the molecule is Oc1ccc(Cl)cc1C=Nc1cc(Cl)ccc1F. The number of halogens is 3. The lowest BCUT2D eigenvalue weighted by molar-refractivity contribution is 0.474. The van der Waals surface area contributed by atoms with Gasteiger partial charge in [-0.25, -0.2) is 4.39 Å². The van der Waals surface area contributed by atoms with Crippen LogP contribution in [0.25, 0.3) is 0 Å². The van der Waals surface area contributed by atoms with Crippen molar-refractivity contribution in [1.29, 1.82) is 0 Å². The first kappa shape index (κ1) is 12.9. The largest absolute Gasteiger partial charge is 0.507 e. The highest BCUT2D eigenvalue weighted by molar-refractivity contribution is 6.31. The fraction of sp³-hybridized carbons (Fsp3) is 0. The molecule has 0 heterocycles. The maximum absolute atomic E-state index is 13.4. The molecule has 0 saturated carbocycles. The van der Waals surface area contributed by atoms with Gasteiger partial charge in [-0.3, -0.25) is 4.99 Å². The van der Waals surface area contributed by atoms with E-state index in [2.05, 4.69) is 4.99 Å². The van der Waals surface area contributed by atoms with Crippen LogP contribution in [0.3, 0.4) is 0 Å². The summed E-state index contributed by atoms with van der Waals surface area (Å²) in [5.74, 6) is -0.470. The van der Waals surface area contributed by atoms with Gasteiger partial charge in [0, 0.05) is 21.8 Å². The highest BCUT2D eigenvalue weighted by Gasteiger charge is 2.02. The van der Waals surface area contributed by atoms with Crippen LogP contribution in [-0.4, -0.2) is 11.3 Å². The lowest BCUT2D eigenvalue weighted by Crippen LogP contribution is -1.83. The molecule has 2 aromatic rings. The maximum Gasteiger partial charge on any atom is 0.148 e. The number of aliphatic imine (C=N–C) groups is 1. The van der Waals surface area contributed by atoms with Gasteiger partial charge < -0.3 is 5.11 Å². The summed E-state index contributed by atoms with van der Waals surface area (Å²) < 4.78 is 13.4. The Hall–Kier alpha value is -1.58. The number of hydrogen-bond acceptors (Lipinski definition) is 2. The third kappa shape index (κ3) is 3.00. The molecule has 1 N–H and O–H groups in total. The van der Waals surface area contributed by atoms with E-state index in [1.165, 1.54) is 36.5 Å². The van der Waals surface area contributed by atoms with Crippen molar-refractivity contribution < 1.29 is 9.50 Å². The first-order chi connectivity index (χ1) is 8.56. The zero-order chi connectivity index (χ0) is 13.1. The van der Waals surface area contributed by atoms with Crippen LogP contribution in [0.15, 0.2) is 41.4 Å². The molecule has 0 radical (unpaired) electrons. The molecular formula is C13H8Cl2FNO. The standard InChI is InChI=1S/C13H8Cl2FNO/c14-9-2-4-13(18)8(5-9)7-17-12-6-10(15)1-3-11(12)16/h1-7,18H. The minimum Gasteiger partial charge on any atom is -0.507 e. The summed E-state index contributed by atoms with van der Waals surface area (Å²) in [7, 11) is 0. The summed E-state index contributed by atoms with van der Waals surface area (Å²) in [6, 6.07) is 8.59. The molecule has 0 amide bonds. The fourth-order valence-electron chi connectivity index (χ4n) is 1.35. The molecule has 0 atom stereocenters. The Bertz CT molecular complexity index is 560. The van der Waals surface area contributed by atoms with Crippen LogP contribution in [0.1, 0.15) is 5.56 Å². The number of hydrogen-bond donors (Lipinski definition) is 1. The van der Waals surface area contributed by atoms with Crippen LogP contribution >= 0.6 is 23.2 Å². The first-order valence-electron chi connectivity index (χ1n) is 5.04. The number of phenols is 1. The quantitative estimate of drug-likeness (QED) is 0.804. The van der Waals surface area contributed by atoms with E-state index < -0.39 is 5.82 Å². The molecule has 0 bridgehead atoms. The van der Waals surface area contributed by atoms with Crippen molar-refractivity contribution >= 4 is 35.1 Å². The Morgan fingerprint density at radius 2 is 1.72 bits per heavy atom. The van der Waals surface area contributed by atoms with Crippen molar-refractivity contribution in [3.05, 3.63) is 57.8 Å². The summed E-state index contributed by atoms with van der Waals surface area (Å²) in [4.78, 5) is 3.94. The summed E-state index contributed by atoms with van der Waals surface area (Å²) in [5, 5.41) is 10.4. The molecular weight excluding hydrogens is 276 g/mol. The smallest absolute Gasteiger partial charge is 0.148 e. The molecule has 0 fully saturated rings. The minimum atomic E-state index is -0.489. The minimum absolute atomic E-state index is 0.0191. The Morgan fingerprint density at radius 3 is 2.50 bits per heavy atom. The van der Waals surface area contributed by atoms with Crippen molar-refractivity contribution in [2.75, 3.05) is 0 Å². The number of phenolic OH excluding ortho intramolecular Hbond substituents is 1. The van der Waals surface area contributed by atoms with E-state index in [0.29, 0.717) is 15.6 Å². The zero-order valence-corrected chi connectivity index (χ0v) is 10.6. The number of rotatable bonds is 2. The van der Waals surface area contributed by atoms with Crippen LogP contribution in [0.5, 0.6) is 5.75 Å². The van der Waals surface area contributed by atoms with E-state index in [-0.39, 0.29) is 11.4 Å². The Labute approximate surface area is 113 Å². The van der Waals surface area contributed by atoms with Gasteiger partial charge in [0.1, 0.15) is 17.3 Å². The molecule has 0 spiro atoms. The summed E-state index contributed by atoms with van der Waals surface area (Å²) >= 11 is 11.5. The van der Waals surface area contributed by atoms with E-state index in [1.807, 2.05) is 0 Å². The predicted octanol–water partition coefficient (Wildman–Crippen LogP) is 4.59. The summed E-state index contributed by atoms with van der Waals surface area (Å²) in [6.45, 7) is 0. The van der Waals surface area contributed by atoms with Crippen molar-refractivity contribution in [2.45, 2.75) is 0 Å². The lowest BCUT2D eigenvalue weighted by atomic mass is 10.2. The van der Waals surface area contributed by atoms with Crippen molar-refractivity contribution in [3.63, 3.8) is 0 Å². The molecule has 5 heteroatoms.